The molecule has 0 amide bonds. The van der Waals surface area contributed by atoms with Crippen LogP contribution in [-0.4, -0.2) is 5.88 Å². The van der Waals surface area contributed by atoms with Crippen LogP contribution in [0.5, 0.6) is 0 Å². The summed E-state index contributed by atoms with van der Waals surface area (Å²) in [4.78, 5) is 0. The lowest BCUT2D eigenvalue weighted by Crippen LogP contribution is -1.77. The van der Waals surface area contributed by atoms with Gasteiger partial charge in [0.25, 0.3) is 0 Å². The number of alkyl halides is 1. The second-order valence-corrected chi connectivity index (χ2v) is 2.72. The number of hydrogen-bond donors (Lipinski definition) is 0. The van der Waals surface area contributed by atoms with Crippen molar-refractivity contribution in [3.05, 3.63) is 41.5 Å². The molecule has 0 atom stereocenters. The third kappa shape index (κ3) is 2.39. The summed E-state index contributed by atoms with van der Waals surface area (Å²) >= 11 is 5.52. The van der Waals surface area contributed by atoms with Crippen molar-refractivity contribution in [3.63, 3.8) is 0 Å². The second-order valence-electron chi connectivity index (χ2n) is 2.41. The Hall–Kier alpha value is -0.750. The van der Waals surface area contributed by atoms with Crippen LogP contribution in [0.15, 0.2) is 30.3 Å². The van der Waals surface area contributed by atoms with E-state index in [4.69, 9.17) is 11.6 Å². The molecule has 0 heterocycles. The summed E-state index contributed by atoms with van der Waals surface area (Å²) in [6.07, 6.45) is 3.99. The fourth-order valence-corrected chi connectivity index (χ4v) is 1.03. The Labute approximate surface area is 72.5 Å². The molecule has 0 aliphatic rings. The van der Waals surface area contributed by atoms with E-state index in [0.717, 1.165) is 0 Å². The van der Waals surface area contributed by atoms with Gasteiger partial charge in [-0.15, -0.1) is 11.6 Å². The Bertz CT molecular complexity index is 251. The average molecular weight is 167 g/mol. The van der Waals surface area contributed by atoms with E-state index in [9.17, 15) is 0 Å². The van der Waals surface area contributed by atoms with Crippen molar-refractivity contribution in [3.8, 4) is 0 Å². The molecule has 0 spiro atoms. The minimum Gasteiger partial charge on any atom is -0.122 e. The Morgan fingerprint density at radius 2 is 2.09 bits per heavy atom. The zero-order chi connectivity index (χ0) is 8.10. The molecule has 0 fully saturated rings. The molecule has 0 bridgehead atoms. The minimum absolute atomic E-state index is 0.578. The van der Waals surface area contributed by atoms with Gasteiger partial charge in [0.05, 0.1) is 0 Å². The number of allylic oxidation sites excluding steroid dienone is 1. The number of aryl methyl sites for hydroxylation is 1. The normalized spacial score (nSPS) is 10.7. The molecule has 1 aromatic rings. The maximum absolute atomic E-state index is 5.52. The molecule has 0 saturated carbocycles. The van der Waals surface area contributed by atoms with Crippen LogP contribution in [0.3, 0.4) is 0 Å². The Kier molecular flexibility index (Phi) is 3.18. The van der Waals surface area contributed by atoms with Crippen LogP contribution in [-0.2, 0) is 0 Å². The molecule has 0 radical (unpaired) electrons. The van der Waals surface area contributed by atoms with E-state index in [2.05, 4.69) is 19.1 Å². The van der Waals surface area contributed by atoms with E-state index in [-0.39, 0.29) is 0 Å². The van der Waals surface area contributed by atoms with E-state index in [1.54, 1.807) is 0 Å². The number of rotatable bonds is 2. The van der Waals surface area contributed by atoms with Crippen molar-refractivity contribution in [1.29, 1.82) is 0 Å². The predicted octanol–water partition coefficient (Wildman–Crippen LogP) is 3.25. The summed E-state index contributed by atoms with van der Waals surface area (Å²) < 4.78 is 0. The molecule has 0 saturated heterocycles. The molecule has 0 nitrogen and oxygen atoms in total. The molecule has 0 N–H and O–H groups in total. The summed E-state index contributed by atoms with van der Waals surface area (Å²) in [5.41, 5.74) is 2.53. The van der Waals surface area contributed by atoms with Gasteiger partial charge in [0.1, 0.15) is 0 Å². The van der Waals surface area contributed by atoms with Crippen LogP contribution in [0.25, 0.3) is 6.08 Å². The van der Waals surface area contributed by atoms with E-state index in [1.165, 1.54) is 11.1 Å². The average Bonchev–Trinajstić information content (AvgIpc) is 2.03. The first kappa shape index (κ1) is 8.35. The lowest BCUT2D eigenvalue weighted by Gasteiger charge is -1.96. The van der Waals surface area contributed by atoms with Crippen molar-refractivity contribution in [2.75, 3.05) is 5.88 Å². The maximum atomic E-state index is 5.52. The quantitative estimate of drug-likeness (QED) is 0.592. The highest BCUT2D eigenvalue weighted by Gasteiger charge is 1.88. The zero-order valence-corrected chi connectivity index (χ0v) is 7.31. The largest absolute Gasteiger partial charge is 0.122 e. The molecule has 1 rings (SSSR count). The molecular formula is C10H11Cl. The first-order valence-electron chi connectivity index (χ1n) is 3.62. The number of hydrogen-bond acceptors (Lipinski definition) is 0. The Morgan fingerprint density at radius 1 is 1.36 bits per heavy atom. The van der Waals surface area contributed by atoms with Gasteiger partial charge in [0, 0.05) is 5.88 Å². The van der Waals surface area contributed by atoms with Gasteiger partial charge in [-0.25, -0.2) is 0 Å². The van der Waals surface area contributed by atoms with Crippen LogP contribution < -0.4 is 0 Å². The molecule has 1 aromatic carbocycles. The van der Waals surface area contributed by atoms with Crippen molar-refractivity contribution >= 4 is 17.7 Å². The standard InChI is InChI=1S/C10H11Cl/c1-9-5-2-3-6-10(9)7-4-8-11/h2-7H,8H2,1H3. The zero-order valence-electron chi connectivity index (χ0n) is 6.55. The highest BCUT2D eigenvalue weighted by atomic mass is 35.5. The first-order valence-corrected chi connectivity index (χ1v) is 4.16. The number of halogens is 1. The third-order valence-corrected chi connectivity index (χ3v) is 1.75. The van der Waals surface area contributed by atoms with Crippen LogP contribution in [0.1, 0.15) is 11.1 Å². The Balaban J connectivity index is 2.86. The summed E-state index contributed by atoms with van der Waals surface area (Å²) in [5, 5.41) is 0. The highest BCUT2D eigenvalue weighted by molar-refractivity contribution is 6.19. The molecule has 58 valence electrons. The molecule has 0 aliphatic carbocycles. The van der Waals surface area contributed by atoms with Gasteiger partial charge in [0.2, 0.25) is 0 Å². The fraction of sp³-hybridized carbons (Fsp3) is 0.200. The summed E-state index contributed by atoms with van der Waals surface area (Å²) in [7, 11) is 0. The van der Waals surface area contributed by atoms with Crippen molar-refractivity contribution in [1.82, 2.24) is 0 Å². The third-order valence-electron chi connectivity index (χ3n) is 1.57. The number of benzene rings is 1. The fourth-order valence-electron chi connectivity index (χ4n) is 0.945. The predicted molar refractivity (Wildman–Crippen MR) is 50.9 cm³/mol. The Morgan fingerprint density at radius 3 is 2.73 bits per heavy atom. The van der Waals surface area contributed by atoms with Gasteiger partial charge in [-0.05, 0) is 18.1 Å². The highest BCUT2D eigenvalue weighted by Crippen LogP contribution is 2.08. The first-order chi connectivity index (χ1) is 5.34. The van der Waals surface area contributed by atoms with Crippen LogP contribution in [0, 0.1) is 6.92 Å². The molecule has 0 unspecified atom stereocenters. The van der Waals surface area contributed by atoms with Gasteiger partial charge < -0.3 is 0 Å². The van der Waals surface area contributed by atoms with Crippen molar-refractivity contribution < 1.29 is 0 Å². The van der Waals surface area contributed by atoms with Gasteiger partial charge in [0.15, 0.2) is 0 Å². The maximum Gasteiger partial charge on any atom is 0.0407 e. The lowest BCUT2D eigenvalue weighted by atomic mass is 10.1. The summed E-state index contributed by atoms with van der Waals surface area (Å²) in [6, 6.07) is 8.24. The minimum atomic E-state index is 0.578. The molecule has 1 heteroatoms. The van der Waals surface area contributed by atoms with E-state index >= 15 is 0 Å². The van der Waals surface area contributed by atoms with Gasteiger partial charge >= 0.3 is 0 Å². The summed E-state index contributed by atoms with van der Waals surface area (Å²) in [6.45, 7) is 2.09. The van der Waals surface area contributed by atoms with Gasteiger partial charge in [-0.2, -0.15) is 0 Å². The van der Waals surface area contributed by atoms with E-state index in [1.807, 2.05) is 24.3 Å². The monoisotopic (exact) mass is 166 g/mol. The van der Waals surface area contributed by atoms with Crippen molar-refractivity contribution in [2.24, 2.45) is 0 Å². The van der Waals surface area contributed by atoms with Gasteiger partial charge in [-0.1, -0.05) is 36.4 Å². The van der Waals surface area contributed by atoms with Crippen LogP contribution in [0.2, 0.25) is 0 Å². The smallest absolute Gasteiger partial charge is 0.0407 e. The molecule has 0 aromatic heterocycles. The molecule has 11 heavy (non-hydrogen) atoms. The van der Waals surface area contributed by atoms with Crippen LogP contribution in [0.4, 0.5) is 0 Å². The SMILES string of the molecule is Cc1ccccc1C=CCCl. The van der Waals surface area contributed by atoms with Crippen LogP contribution >= 0.6 is 11.6 Å². The van der Waals surface area contributed by atoms with E-state index < -0.39 is 0 Å². The summed E-state index contributed by atoms with van der Waals surface area (Å²) in [5.74, 6) is 0.578. The van der Waals surface area contributed by atoms with E-state index in [0.29, 0.717) is 5.88 Å². The second kappa shape index (κ2) is 4.20. The molecule has 0 aliphatic heterocycles. The topological polar surface area (TPSA) is 0 Å². The molecular weight excluding hydrogens is 156 g/mol. The van der Waals surface area contributed by atoms with Crippen molar-refractivity contribution in [2.45, 2.75) is 6.92 Å². The van der Waals surface area contributed by atoms with Gasteiger partial charge in [-0.3, -0.25) is 0 Å². The lowest BCUT2D eigenvalue weighted by molar-refractivity contribution is 1.44.